The zero-order chi connectivity index (χ0) is 9.68. The maximum absolute atomic E-state index is 10.9. The van der Waals surface area contributed by atoms with Crippen LogP contribution in [0.25, 0.3) is 0 Å². The Morgan fingerprint density at radius 2 is 2.31 bits per heavy atom. The van der Waals surface area contributed by atoms with Gasteiger partial charge < -0.3 is 4.74 Å². The van der Waals surface area contributed by atoms with Gasteiger partial charge >= 0.3 is 5.97 Å². The van der Waals surface area contributed by atoms with E-state index in [-0.39, 0.29) is 5.97 Å². The maximum atomic E-state index is 10.9. The highest BCUT2D eigenvalue weighted by Gasteiger charge is 2.08. The van der Waals surface area contributed by atoms with E-state index in [9.17, 15) is 4.79 Å². The highest BCUT2D eigenvalue weighted by atomic mass is 16.6. The number of aryl methyl sites for hydroxylation is 2. The number of nitrogens with zero attached hydrogens (tertiary/aromatic N) is 2. The maximum Gasteiger partial charge on any atom is 0.306 e. The van der Waals surface area contributed by atoms with E-state index in [0.717, 1.165) is 5.69 Å². The van der Waals surface area contributed by atoms with Gasteiger partial charge in [0.05, 0.1) is 13.0 Å². The molecule has 0 radical (unpaired) electrons. The van der Waals surface area contributed by atoms with Gasteiger partial charge in [-0.15, -0.1) is 0 Å². The lowest BCUT2D eigenvalue weighted by Gasteiger charge is -1.98. The van der Waals surface area contributed by atoms with E-state index < -0.39 is 0 Å². The molecule has 0 spiro atoms. The molecule has 0 atom stereocenters. The predicted molar refractivity (Wildman–Crippen MR) is 44.0 cm³/mol. The molecule has 0 saturated heterocycles. The van der Waals surface area contributed by atoms with Gasteiger partial charge in [0, 0.05) is 6.42 Å². The molecule has 1 rings (SSSR count). The fraction of sp³-hybridized carbons (Fsp3) is 0.625. The molecule has 0 aliphatic carbocycles. The van der Waals surface area contributed by atoms with E-state index in [2.05, 4.69) is 14.9 Å². The molecule has 13 heavy (non-hydrogen) atoms. The van der Waals surface area contributed by atoms with Crippen LogP contribution in [0.15, 0.2) is 4.63 Å². The van der Waals surface area contributed by atoms with E-state index in [4.69, 9.17) is 4.74 Å². The number of hydrogen-bond donors (Lipinski definition) is 0. The lowest BCUT2D eigenvalue weighted by Crippen LogP contribution is -2.05. The standard InChI is InChI=1S/C8H12N2O3/c1-3-12-8(11)5-4-7-6(2)9-13-10-7/h3-5H2,1-2H3. The van der Waals surface area contributed by atoms with Crippen LogP contribution in [0.3, 0.4) is 0 Å². The van der Waals surface area contributed by atoms with Crippen LogP contribution in [-0.4, -0.2) is 22.9 Å². The molecule has 1 aromatic rings. The van der Waals surface area contributed by atoms with Crippen molar-refractivity contribution in [2.45, 2.75) is 26.7 Å². The zero-order valence-corrected chi connectivity index (χ0v) is 7.74. The van der Waals surface area contributed by atoms with Crippen LogP contribution >= 0.6 is 0 Å². The normalized spacial score (nSPS) is 10.0. The van der Waals surface area contributed by atoms with Crippen molar-refractivity contribution in [2.75, 3.05) is 6.61 Å². The van der Waals surface area contributed by atoms with Crippen molar-refractivity contribution in [1.29, 1.82) is 0 Å². The van der Waals surface area contributed by atoms with Crippen LogP contribution in [-0.2, 0) is 16.0 Å². The van der Waals surface area contributed by atoms with Gasteiger partial charge in [0.1, 0.15) is 11.4 Å². The highest BCUT2D eigenvalue weighted by molar-refractivity contribution is 5.69. The minimum atomic E-state index is -0.218. The molecule has 0 aliphatic rings. The molecule has 0 saturated carbocycles. The van der Waals surface area contributed by atoms with Crippen molar-refractivity contribution in [2.24, 2.45) is 0 Å². The largest absolute Gasteiger partial charge is 0.466 e. The molecule has 0 unspecified atom stereocenters. The molecule has 0 fully saturated rings. The van der Waals surface area contributed by atoms with Crippen molar-refractivity contribution in [3.05, 3.63) is 11.4 Å². The Balaban J connectivity index is 2.35. The second-order valence-corrected chi connectivity index (χ2v) is 2.60. The smallest absolute Gasteiger partial charge is 0.306 e. The fourth-order valence-electron chi connectivity index (χ4n) is 0.930. The molecule has 1 heterocycles. The van der Waals surface area contributed by atoms with Crippen LogP contribution in [0.5, 0.6) is 0 Å². The van der Waals surface area contributed by atoms with E-state index >= 15 is 0 Å². The number of rotatable bonds is 4. The fourth-order valence-corrected chi connectivity index (χ4v) is 0.930. The van der Waals surface area contributed by atoms with Gasteiger partial charge in [-0.05, 0) is 13.8 Å². The Kier molecular flexibility index (Phi) is 3.42. The average molecular weight is 184 g/mol. The lowest BCUT2D eigenvalue weighted by atomic mass is 10.2. The average Bonchev–Trinajstić information content (AvgIpc) is 2.48. The molecule has 5 nitrogen and oxygen atoms in total. The number of hydrogen-bond acceptors (Lipinski definition) is 5. The Hall–Kier alpha value is -1.39. The first kappa shape index (κ1) is 9.70. The minimum absolute atomic E-state index is 0.218. The third-order valence-corrected chi connectivity index (χ3v) is 1.62. The molecular weight excluding hydrogens is 172 g/mol. The Morgan fingerprint density at radius 1 is 1.54 bits per heavy atom. The van der Waals surface area contributed by atoms with E-state index in [1.807, 2.05) is 0 Å². The van der Waals surface area contributed by atoms with Crippen LogP contribution in [0, 0.1) is 6.92 Å². The van der Waals surface area contributed by atoms with Crippen molar-refractivity contribution >= 4 is 5.97 Å². The topological polar surface area (TPSA) is 65.2 Å². The van der Waals surface area contributed by atoms with Gasteiger partial charge in [-0.3, -0.25) is 4.79 Å². The van der Waals surface area contributed by atoms with Crippen molar-refractivity contribution < 1.29 is 14.2 Å². The van der Waals surface area contributed by atoms with Crippen LogP contribution < -0.4 is 0 Å². The summed E-state index contributed by atoms with van der Waals surface area (Å²) in [7, 11) is 0. The van der Waals surface area contributed by atoms with Gasteiger partial charge in [-0.2, -0.15) is 0 Å². The number of esters is 1. The van der Waals surface area contributed by atoms with Crippen molar-refractivity contribution in [3.63, 3.8) is 0 Å². The molecule has 0 aromatic carbocycles. The van der Waals surface area contributed by atoms with Gasteiger partial charge in [0.15, 0.2) is 0 Å². The summed E-state index contributed by atoms with van der Waals surface area (Å²) < 4.78 is 9.25. The Labute approximate surface area is 76.0 Å². The lowest BCUT2D eigenvalue weighted by molar-refractivity contribution is -0.143. The first-order valence-electron chi connectivity index (χ1n) is 4.17. The van der Waals surface area contributed by atoms with Crippen molar-refractivity contribution in [3.8, 4) is 0 Å². The second-order valence-electron chi connectivity index (χ2n) is 2.60. The first-order chi connectivity index (χ1) is 6.24. The van der Waals surface area contributed by atoms with E-state index in [1.54, 1.807) is 13.8 Å². The molecule has 0 amide bonds. The molecule has 0 N–H and O–H groups in total. The van der Waals surface area contributed by atoms with Gasteiger partial charge in [0.2, 0.25) is 0 Å². The first-order valence-corrected chi connectivity index (χ1v) is 4.17. The summed E-state index contributed by atoms with van der Waals surface area (Å²) in [6.07, 6.45) is 0.844. The summed E-state index contributed by atoms with van der Waals surface area (Å²) >= 11 is 0. The Bertz CT molecular complexity index is 283. The SMILES string of the molecule is CCOC(=O)CCc1nonc1C. The second kappa shape index (κ2) is 4.59. The molecule has 0 bridgehead atoms. The predicted octanol–water partition coefficient (Wildman–Crippen LogP) is 0.874. The van der Waals surface area contributed by atoms with Gasteiger partial charge in [-0.25, -0.2) is 4.63 Å². The summed E-state index contributed by atoms with van der Waals surface area (Å²) in [5.74, 6) is -0.218. The summed E-state index contributed by atoms with van der Waals surface area (Å²) in [4.78, 5) is 10.9. The molecule has 1 aromatic heterocycles. The number of carbonyl (C=O) groups is 1. The minimum Gasteiger partial charge on any atom is -0.466 e. The molecule has 5 heteroatoms. The molecule has 72 valence electrons. The van der Waals surface area contributed by atoms with E-state index in [0.29, 0.717) is 25.1 Å². The number of ether oxygens (including phenoxy) is 1. The number of carbonyl (C=O) groups excluding carboxylic acids is 1. The quantitative estimate of drug-likeness (QED) is 0.649. The van der Waals surface area contributed by atoms with Crippen LogP contribution in [0.4, 0.5) is 0 Å². The summed E-state index contributed by atoms with van der Waals surface area (Å²) in [6.45, 7) is 3.98. The highest BCUT2D eigenvalue weighted by Crippen LogP contribution is 2.04. The summed E-state index contributed by atoms with van der Waals surface area (Å²) in [6, 6.07) is 0. The summed E-state index contributed by atoms with van der Waals surface area (Å²) in [5.41, 5.74) is 1.44. The number of aromatic nitrogens is 2. The third kappa shape index (κ3) is 2.85. The summed E-state index contributed by atoms with van der Waals surface area (Å²) in [5, 5.41) is 7.26. The van der Waals surface area contributed by atoms with Crippen molar-refractivity contribution in [1.82, 2.24) is 10.3 Å². The molecular formula is C8H12N2O3. The Morgan fingerprint density at radius 3 is 2.85 bits per heavy atom. The molecule has 0 aliphatic heterocycles. The van der Waals surface area contributed by atoms with E-state index in [1.165, 1.54) is 0 Å². The van der Waals surface area contributed by atoms with Gasteiger partial charge in [-0.1, -0.05) is 10.3 Å². The third-order valence-electron chi connectivity index (χ3n) is 1.62. The monoisotopic (exact) mass is 184 g/mol. The zero-order valence-electron chi connectivity index (χ0n) is 7.74. The van der Waals surface area contributed by atoms with Gasteiger partial charge in [0.25, 0.3) is 0 Å². The van der Waals surface area contributed by atoms with Crippen LogP contribution in [0.1, 0.15) is 24.7 Å². The van der Waals surface area contributed by atoms with Crippen LogP contribution in [0.2, 0.25) is 0 Å².